The van der Waals surface area contributed by atoms with E-state index in [4.69, 9.17) is 10.2 Å². The van der Waals surface area contributed by atoms with Gasteiger partial charge in [-0.1, -0.05) is 0 Å². The zero-order valence-corrected chi connectivity index (χ0v) is 9.48. The van der Waals surface area contributed by atoms with Crippen molar-refractivity contribution in [2.75, 3.05) is 0 Å². The molecule has 1 atom stereocenters. The van der Waals surface area contributed by atoms with Gasteiger partial charge in [-0.2, -0.15) is 0 Å². The van der Waals surface area contributed by atoms with Crippen LogP contribution in [0.1, 0.15) is 12.5 Å². The molecule has 5 heteroatoms. The summed E-state index contributed by atoms with van der Waals surface area (Å²) in [6.45, 7) is 1.80. The molecule has 0 radical (unpaired) electrons. The van der Waals surface area contributed by atoms with E-state index in [1.165, 1.54) is 12.3 Å². The van der Waals surface area contributed by atoms with E-state index in [0.717, 1.165) is 6.07 Å². The van der Waals surface area contributed by atoms with Gasteiger partial charge < -0.3 is 10.2 Å². The van der Waals surface area contributed by atoms with Gasteiger partial charge in [-0.25, -0.2) is 8.78 Å². The van der Waals surface area contributed by atoms with Gasteiger partial charge in [0.25, 0.3) is 0 Å². The Bertz CT molecular complexity index is 496. The van der Waals surface area contributed by atoms with E-state index in [1.807, 2.05) is 0 Å². The molecule has 0 aliphatic carbocycles. The Hall–Kier alpha value is -1.13. The van der Waals surface area contributed by atoms with E-state index in [-0.39, 0.29) is 23.8 Å². The molecule has 0 aliphatic heterocycles. The molecule has 0 spiro atoms. The third kappa shape index (κ3) is 2.18. The smallest absolute Gasteiger partial charge is 0.169 e. The van der Waals surface area contributed by atoms with E-state index < -0.39 is 11.6 Å². The van der Waals surface area contributed by atoms with Gasteiger partial charge in [-0.05, 0) is 25.5 Å². The second-order valence-electron chi connectivity index (χ2n) is 3.68. The first-order valence-corrected chi connectivity index (χ1v) is 4.69. The maximum absolute atomic E-state index is 13.3. The quantitative estimate of drug-likeness (QED) is 0.886. The van der Waals surface area contributed by atoms with Crippen molar-refractivity contribution >= 4 is 23.4 Å². The number of furan rings is 1. The predicted molar refractivity (Wildman–Crippen MR) is 60.7 cm³/mol. The van der Waals surface area contributed by atoms with Gasteiger partial charge in [-0.3, -0.25) is 0 Å². The van der Waals surface area contributed by atoms with Crippen LogP contribution in [0.25, 0.3) is 11.0 Å². The van der Waals surface area contributed by atoms with Crippen molar-refractivity contribution in [2.45, 2.75) is 19.4 Å². The van der Waals surface area contributed by atoms with Crippen molar-refractivity contribution in [1.82, 2.24) is 0 Å². The van der Waals surface area contributed by atoms with E-state index in [9.17, 15) is 8.78 Å². The fourth-order valence-corrected chi connectivity index (χ4v) is 1.64. The second kappa shape index (κ2) is 4.80. The summed E-state index contributed by atoms with van der Waals surface area (Å²) < 4.78 is 31.6. The first-order valence-electron chi connectivity index (χ1n) is 4.69. The maximum atomic E-state index is 13.3. The minimum Gasteiger partial charge on any atom is -0.464 e. The Balaban J connectivity index is 0.00000128. The van der Waals surface area contributed by atoms with Crippen LogP contribution in [0.2, 0.25) is 0 Å². The van der Waals surface area contributed by atoms with Crippen molar-refractivity contribution in [3.8, 4) is 0 Å². The Morgan fingerprint density at radius 2 is 2.12 bits per heavy atom. The van der Waals surface area contributed by atoms with E-state index >= 15 is 0 Å². The molecule has 0 bridgehead atoms. The summed E-state index contributed by atoms with van der Waals surface area (Å²) in [6, 6.07) is 2.44. The molecule has 0 fully saturated rings. The maximum Gasteiger partial charge on any atom is 0.169 e. The van der Waals surface area contributed by atoms with Gasteiger partial charge in [-0.15, -0.1) is 12.4 Å². The molecule has 88 valence electrons. The molecule has 0 saturated heterocycles. The second-order valence-corrected chi connectivity index (χ2v) is 3.68. The summed E-state index contributed by atoms with van der Waals surface area (Å²) in [5, 5.41) is 0.172. The molecular weight excluding hydrogens is 236 g/mol. The summed E-state index contributed by atoms with van der Waals surface area (Å²) >= 11 is 0. The number of nitrogens with two attached hydrogens (primary N) is 1. The molecule has 0 saturated carbocycles. The van der Waals surface area contributed by atoms with Crippen molar-refractivity contribution in [3.63, 3.8) is 0 Å². The highest BCUT2D eigenvalue weighted by atomic mass is 35.5. The fourth-order valence-electron chi connectivity index (χ4n) is 1.64. The van der Waals surface area contributed by atoms with Crippen molar-refractivity contribution in [2.24, 2.45) is 5.73 Å². The average molecular weight is 248 g/mol. The van der Waals surface area contributed by atoms with Gasteiger partial charge in [0.1, 0.15) is 5.58 Å². The molecule has 1 aromatic carbocycles. The summed E-state index contributed by atoms with van der Waals surface area (Å²) in [6.07, 6.45) is 1.80. The largest absolute Gasteiger partial charge is 0.464 e. The Morgan fingerprint density at radius 3 is 2.75 bits per heavy atom. The summed E-state index contributed by atoms with van der Waals surface area (Å²) in [4.78, 5) is 0. The van der Waals surface area contributed by atoms with Gasteiger partial charge in [0.05, 0.1) is 11.6 Å². The molecule has 1 aromatic heterocycles. The van der Waals surface area contributed by atoms with Crippen LogP contribution in [0.3, 0.4) is 0 Å². The summed E-state index contributed by atoms with van der Waals surface area (Å²) in [5.41, 5.74) is 6.60. The van der Waals surface area contributed by atoms with Gasteiger partial charge in [0.15, 0.2) is 11.6 Å². The Morgan fingerprint density at radius 1 is 1.44 bits per heavy atom. The number of benzene rings is 1. The summed E-state index contributed by atoms with van der Waals surface area (Å²) in [5.74, 6) is -1.73. The monoisotopic (exact) mass is 247 g/mol. The van der Waals surface area contributed by atoms with Crippen molar-refractivity contribution < 1.29 is 13.2 Å². The highest BCUT2D eigenvalue weighted by Gasteiger charge is 2.15. The van der Waals surface area contributed by atoms with Crippen molar-refractivity contribution in [1.29, 1.82) is 0 Å². The Labute approximate surface area is 97.8 Å². The number of rotatable bonds is 2. The number of fused-ring (bicyclic) bond motifs is 1. The molecule has 2 aromatic rings. The molecule has 1 heterocycles. The SMILES string of the molecule is CC(N)Cc1cc(F)c(F)c2ccoc12.Cl. The molecule has 2 rings (SSSR count). The zero-order chi connectivity index (χ0) is 11.0. The van der Waals surface area contributed by atoms with E-state index in [0.29, 0.717) is 17.6 Å². The van der Waals surface area contributed by atoms with Gasteiger partial charge in [0.2, 0.25) is 0 Å². The van der Waals surface area contributed by atoms with Crippen LogP contribution >= 0.6 is 12.4 Å². The zero-order valence-electron chi connectivity index (χ0n) is 8.67. The average Bonchev–Trinajstić information content (AvgIpc) is 2.61. The summed E-state index contributed by atoms with van der Waals surface area (Å²) in [7, 11) is 0. The topological polar surface area (TPSA) is 39.2 Å². The van der Waals surface area contributed by atoms with Crippen LogP contribution in [0.5, 0.6) is 0 Å². The van der Waals surface area contributed by atoms with Crippen LogP contribution in [-0.4, -0.2) is 6.04 Å². The van der Waals surface area contributed by atoms with Crippen LogP contribution in [-0.2, 0) is 6.42 Å². The first kappa shape index (κ1) is 12.9. The lowest BCUT2D eigenvalue weighted by atomic mass is 10.0. The minimum absolute atomic E-state index is 0. The number of halogens is 3. The molecular formula is C11H12ClF2NO. The molecule has 2 N–H and O–H groups in total. The first-order chi connectivity index (χ1) is 7.09. The van der Waals surface area contributed by atoms with E-state index in [2.05, 4.69) is 0 Å². The highest BCUT2D eigenvalue weighted by Crippen LogP contribution is 2.26. The molecule has 2 nitrogen and oxygen atoms in total. The van der Waals surface area contributed by atoms with Gasteiger partial charge in [0, 0.05) is 11.6 Å². The van der Waals surface area contributed by atoms with Crippen LogP contribution in [0, 0.1) is 11.6 Å². The van der Waals surface area contributed by atoms with Crippen LogP contribution < -0.4 is 5.73 Å². The predicted octanol–water partition coefficient (Wildman–Crippen LogP) is 3.02. The standard InChI is InChI=1S/C11H11F2NO.ClH/c1-6(14)4-7-5-9(12)10(13)8-2-3-15-11(7)8;/h2-3,5-6H,4,14H2,1H3;1H. The third-order valence-electron chi connectivity index (χ3n) is 2.25. The third-order valence-corrected chi connectivity index (χ3v) is 2.25. The lowest BCUT2D eigenvalue weighted by Crippen LogP contribution is -2.18. The molecule has 0 aliphatic rings. The van der Waals surface area contributed by atoms with Crippen molar-refractivity contribution in [3.05, 3.63) is 35.6 Å². The lowest BCUT2D eigenvalue weighted by molar-refractivity contribution is 0.512. The molecule has 1 unspecified atom stereocenters. The normalized spacial score (nSPS) is 12.5. The van der Waals surface area contributed by atoms with Crippen LogP contribution in [0.15, 0.2) is 22.8 Å². The molecule has 16 heavy (non-hydrogen) atoms. The van der Waals surface area contributed by atoms with E-state index in [1.54, 1.807) is 6.92 Å². The number of hydrogen-bond acceptors (Lipinski definition) is 2. The Kier molecular flexibility index (Phi) is 3.88. The fraction of sp³-hybridized carbons (Fsp3) is 0.273. The lowest BCUT2D eigenvalue weighted by Gasteiger charge is -2.06. The minimum atomic E-state index is -0.868. The number of hydrogen-bond donors (Lipinski definition) is 1. The van der Waals surface area contributed by atoms with Crippen LogP contribution in [0.4, 0.5) is 8.78 Å². The molecule has 0 amide bonds. The van der Waals surface area contributed by atoms with Gasteiger partial charge >= 0.3 is 0 Å². The highest BCUT2D eigenvalue weighted by molar-refractivity contribution is 5.85.